The number of furan rings is 1. The van der Waals surface area contributed by atoms with Crippen LogP contribution in [-0.4, -0.2) is 41.3 Å². The highest BCUT2D eigenvalue weighted by Gasteiger charge is 2.37. The fourth-order valence-corrected chi connectivity index (χ4v) is 4.22. The predicted molar refractivity (Wildman–Crippen MR) is 127 cm³/mol. The molecule has 0 radical (unpaired) electrons. The van der Waals surface area contributed by atoms with Gasteiger partial charge in [0.05, 0.1) is 24.8 Å². The highest BCUT2D eigenvalue weighted by atomic mass is 16.5. The zero-order valence-corrected chi connectivity index (χ0v) is 19.8. The summed E-state index contributed by atoms with van der Waals surface area (Å²) in [5, 5.41) is 16.0. The monoisotopic (exact) mass is 454 g/mol. The van der Waals surface area contributed by atoms with Gasteiger partial charge >= 0.3 is 5.97 Å². The lowest BCUT2D eigenvalue weighted by atomic mass is 9.87. The second kappa shape index (κ2) is 11.3. The minimum absolute atomic E-state index is 0.0155. The van der Waals surface area contributed by atoms with E-state index in [1.54, 1.807) is 6.08 Å². The molecule has 2 aromatic rings. The third-order valence-electron chi connectivity index (χ3n) is 6.00. The molecular formula is C26H34N2O5. The summed E-state index contributed by atoms with van der Waals surface area (Å²) in [7, 11) is 0. The van der Waals surface area contributed by atoms with Crippen LogP contribution in [0.25, 0.3) is 11.3 Å². The van der Waals surface area contributed by atoms with Crippen molar-refractivity contribution in [3.63, 3.8) is 0 Å². The summed E-state index contributed by atoms with van der Waals surface area (Å²) in [6.07, 6.45) is 2.98. The van der Waals surface area contributed by atoms with Crippen LogP contribution in [0.3, 0.4) is 0 Å². The first-order chi connectivity index (χ1) is 15.8. The number of nitrogens with one attached hydrogen (secondary N) is 2. The Morgan fingerprint density at radius 1 is 1.21 bits per heavy atom. The van der Waals surface area contributed by atoms with Crippen molar-refractivity contribution in [1.29, 1.82) is 0 Å². The molecule has 0 saturated carbocycles. The molecule has 178 valence electrons. The van der Waals surface area contributed by atoms with Crippen LogP contribution in [0.1, 0.15) is 51.4 Å². The molecule has 1 aliphatic rings. The second-order valence-corrected chi connectivity index (χ2v) is 8.59. The van der Waals surface area contributed by atoms with Gasteiger partial charge in [0, 0.05) is 24.1 Å². The maximum Gasteiger partial charge on any atom is 0.331 e. The van der Waals surface area contributed by atoms with Gasteiger partial charge < -0.3 is 24.9 Å². The third kappa shape index (κ3) is 6.55. The van der Waals surface area contributed by atoms with Crippen molar-refractivity contribution >= 4 is 11.9 Å². The van der Waals surface area contributed by atoms with E-state index < -0.39 is 18.1 Å². The highest BCUT2D eigenvalue weighted by Crippen LogP contribution is 2.26. The van der Waals surface area contributed by atoms with Crippen molar-refractivity contribution in [3.05, 3.63) is 59.4 Å². The van der Waals surface area contributed by atoms with E-state index in [0.29, 0.717) is 6.54 Å². The van der Waals surface area contributed by atoms with E-state index in [9.17, 15) is 14.7 Å². The van der Waals surface area contributed by atoms with Gasteiger partial charge in [0.1, 0.15) is 11.5 Å². The number of carbonyl (C=O) groups excluding carboxylic acids is 1. The lowest BCUT2D eigenvalue weighted by molar-refractivity contribution is -0.133. The molecule has 0 aliphatic heterocycles. The van der Waals surface area contributed by atoms with Gasteiger partial charge in [-0.2, -0.15) is 0 Å². The Morgan fingerprint density at radius 3 is 2.61 bits per heavy atom. The zero-order chi connectivity index (χ0) is 24.0. The van der Waals surface area contributed by atoms with Gasteiger partial charge in [0.25, 0.3) is 0 Å². The Bertz CT molecular complexity index is 992. The van der Waals surface area contributed by atoms with Crippen LogP contribution in [0.5, 0.6) is 0 Å². The fourth-order valence-electron chi connectivity index (χ4n) is 4.22. The number of aryl methyl sites for hydroxylation is 1. The molecule has 0 bridgehead atoms. The van der Waals surface area contributed by atoms with Crippen LogP contribution in [0.4, 0.5) is 0 Å². The molecule has 0 spiro atoms. The summed E-state index contributed by atoms with van der Waals surface area (Å²) in [5.41, 5.74) is 2.44. The molecule has 1 amide bonds. The second-order valence-electron chi connectivity index (χ2n) is 8.59. The first-order valence-corrected chi connectivity index (χ1v) is 11.6. The van der Waals surface area contributed by atoms with Gasteiger partial charge in [-0.05, 0) is 50.5 Å². The molecule has 1 aromatic heterocycles. The van der Waals surface area contributed by atoms with Crippen molar-refractivity contribution in [2.24, 2.45) is 0 Å². The number of ether oxygens (including phenoxy) is 1. The van der Waals surface area contributed by atoms with E-state index in [-0.39, 0.29) is 30.0 Å². The maximum atomic E-state index is 12.0. The topological polar surface area (TPSA) is 101 Å². The SMILES string of the molecule is CCC(CC)O[C@@H]1C=C(C(=O)O)C[C@H](NCc2ccc(-c3cccc(C)c3)o2)[C@H]1NC(C)=O. The van der Waals surface area contributed by atoms with Crippen molar-refractivity contribution in [2.75, 3.05) is 0 Å². The number of hydrogen-bond donors (Lipinski definition) is 3. The Morgan fingerprint density at radius 2 is 1.97 bits per heavy atom. The van der Waals surface area contributed by atoms with Crippen molar-refractivity contribution in [3.8, 4) is 11.3 Å². The Balaban J connectivity index is 1.78. The van der Waals surface area contributed by atoms with Crippen LogP contribution in [0.2, 0.25) is 0 Å². The molecular weight excluding hydrogens is 420 g/mol. The van der Waals surface area contributed by atoms with E-state index in [0.717, 1.165) is 35.5 Å². The summed E-state index contributed by atoms with van der Waals surface area (Å²) < 4.78 is 12.2. The largest absolute Gasteiger partial charge is 0.478 e. The van der Waals surface area contributed by atoms with E-state index in [1.165, 1.54) is 6.92 Å². The average molecular weight is 455 g/mol. The molecule has 3 atom stereocenters. The minimum atomic E-state index is -0.971. The normalized spacial score (nSPS) is 20.5. The van der Waals surface area contributed by atoms with Crippen LogP contribution >= 0.6 is 0 Å². The lowest BCUT2D eigenvalue weighted by Crippen LogP contribution is -2.58. The first-order valence-electron chi connectivity index (χ1n) is 11.6. The third-order valence-corrected chi connectivity index (χ3v) is 6.00. The number of rotatable bonds is 10. The molecule has 1 heterocycles. The summed E-state index contributed by atoms with van der Waals surface area (Å²) in [4.78, 5) is 23.8. The number of hydrogen-bond acceptors (Lipinski definition) is 5. The number of carboxylic acids is 1. The number of carbonyl (C=O) groups is 2. The van der Waals surface area contributed by atoms with Gasteiger partial charge in [0.2, 0.25) is 5.91 Å². The van der Waals surface area contributed by atoms with Gasteiger partial charge in [0.15, 0.2) is 0 Å². The predicted octanol–water partition coefficient (Wildman–Crippen LogP) is 4.21. The smallest absolute Gasteiger partial charge is 0.331 e. The maximum absolute atomic E-state index is 12.0. The van der Waals surface area contributed by atoms with Crippen LogP contribution in [0.15, 0.2) is 52.5 Å². The molecule has 0 saturated heterocycles. The molecule has 7 nitrogen and oxygen atoms in total. The zero-order valence-electron chi connectivity index (χ0n) is 19.8. The number of amides is 1. The molecule has 3 N–H and O–H groups in total. The van der Waals surface area contributed by atoms with Crippen molar-refractivity contribution in [1.82, 2.24) is 10.6 Å². The van der Waals surface area contributed by atoms with Crippen molar-refractivity contribution in [2.45, 2.75) is 77.8 Å². The summed E-state index contributed by atoms with van der Waals surface area (Å²) in [6.45, 7) is 7.96. The van der Waals surface area contributed by atoms with Crippen LogP contribution in [-0.2, 0) is 20.9 Å². The van der Waals surface area contributed by atoms with Gasteiger partial charge in [-0.15, -0.1) is 0 Å². The van der Waals surface area contributed by atoms with E-state index in [2.05, 4.69) is 16.7 Å². The Hall–Kier alpha value is -2.90. The van der Waals surface area contributed by atoms with Gasteiger partial charge in [-0.25, -0.2) is 4.79 Å². The molecule has 7 heteroatoms. The highest BCUT2D eigenvalue weighted by molar-refractivity contribution is 5.87. The number of benzene rings is 1. The van der Waals surface area contributed by atoms with E-state index in [4.69, 9.17) is 9.15 Å². The van der Waals surface area contributed by atoms with Gasteiger partial charge in [-0.1, -0.05) is 37.6 Å². The molecule has 0 fully saturated rings. The number of aliphatic carboxylic acids is 1. The molecule has 1 aliphatic carbocycles. The van der Waals surface area contributed by atoms with E-state index >= 15 is 0 Å². The lowest BCUT2D eigenvalue weighted by Gasteiger charge is -2.38. The summed E-state index contributed by atoms with van der Waals surface area (Å²) in [5.74, 6) is 0.355. The summed E-state index contributed by atoms with van der Waals surface area (Å²) >= 11 is 0. The Kier molecular flexibility index (Phi) is 8.47. The Labute approximate surface area is 195 Å². The molecule has 3 rings (SSSR count). The van der Waals surface area contributed by atoms with Gasteiger partial charge in [-0.3, -0.25) is 4.79 Å². The molecule has 33 heavy (non-hydrogen) atoms. The van der Waals surface area contributed by atoms with Crippen LogP contribution < -0.4 is 10.6 Å². The quantitative estimate of drug-likeness (QED) is 0.497. The molecule has 1 aromatic carbocycles. The van der Waals surface area contributed by atoms with Crippen LogP contribution in [0, 0.1) is 6.92 Å². The first kappa shape index (κ1) is 24.7. The minimum Gasteiger partial charge on any atom is -0.478 e. The average Bonchev–Trinajstić information content (AvgIpc) is 3.26. The molecule has 0 unspecified atom stereocenters. The summed E-state index contributed by atoms with van der Waals surface area (Å²) in [6, 6.07) is 11.2. The fraction of sp³-hybridized carbons (Fsp3) is 0.462. The van der Waals surface area contributed by atoms with Crippen molar-refractivity contribution < 1.29 is 23.8 Å². The standard InChI is InChI=1S/C26H34N2O5/c1-5-20(6-2)32-24-14-19(26(30)31)13-22(25(24)28-17(4)29)27-15-21-10-11-23(33-21)18-9-7-8-16(3)12-18/h7-12,14,20,22,24-25,27H,5-6,13,15H2,1-4H3,(H,28,29)(H,30,31)/t22-,24+,25+/m0/s1. The van der Waals surface area contributed by atoms with E-state index in [1.807, 2.05) is 51.1 Å². The number of carboxylic acid groups (broad SMARTS) is 1.